The van der Waals surface area contributed by atoms with Crippen LogP contribution in [0.15, 0.2) is 36.4 Å². The highest BCUT2D eigenvalue weighted by Gasteiger charge is 2.18. The zero-order chi connectivity index (χ0) is 14.5. The standard InChI is InChI=1S/C16H18FNO2/c1-2-9-18(10-11-19)16(20)14-7-8-15(17)13-6-4-3-5-12(13)14/h3-8,19H,2,9-11H2,1H3. The maximum absolute atomic E-state index is 13.8. The van der Waals surface area contributed by atoms with Gasteiger partial charge in [-0.2, -0.15) is 0 Å². The molecule has 2 rings (SSSR count). The first-order valence-corrected chi connectivity index (χ1v) is 6.76. The topological polar surface area (TPSA) is 40.5 Å². The van der Waals surface area contributed by atoms with Gasteiger partial charge in [0.2, 0.25) is 0 Å². The Morgan fingerprint density at radius 2 is 1.85 bits per heavy atom. The number of hydrogen-bond donors (Lipinski definition) is 1. The van der Waals surface area contributed by atoms with Crippen LogP contribution in [0.25, 0.3) is 10.8 Å². The van der Waals surface area contributed by atoms with Gasteiger partial charge in [-0.15, -0.1) is 0 Å². The molecule has 0 aromatic heterocycles. The molecule has 0 heterocycles. The van der Waals surface area contributed by atoms with Crippen LogP contribution >= 0.6 is 0 Å². The summed E-state index contributed by atoms with van der Waals surface area (Å²) in [5.41, 5.74) is 0.476. The minimum atomic E-state index is -0.332. The molecule has 0 fully saturated rings. The Morgan fingerprint density at radius 1 is 1.15 bits per heavy atom. The van der Waals surface area contributed by atoms with E-state index < -0.39 is 0 Å². The van der Waals surface area contributed by atoms with Crippen LogP contribution in [0.1, 0.15) is 23.7 Å². The van der Waals surface area contributed by atoms with Crippen molar-refractivity contribution in [3.8, 4) is 0 Å². The van der Waals surface area contributed by atoms with Gasteiger partial charge in [0.15, 0.2) is 0 Å². The van der Waals surface area contributed by atoms with Gasteiger partial charge in [-0.25, -0.2) is 4.39 Å². The fourth-order valence-corrected chi connectivity index (χ4v) is 2.32. The molecule has 0 bridgehead atoms. The van der Waals surface area contributed by atoms with E-state index in [9.17, 15) is 9.18 Å². The zero-order valence-corrected chi connectivity index (χ0v) is 11.5. The van der Waals surface area contributed by atoms with E-state index in [0.29, 0.717) is 29.4 Å². The largest absolute Gasteiger partial charge is 0.395 e. The lowest BCUT2D eigenvalue weighted by Crippen LogP contribution is -2.34. The Hall–Kier alpha value is -1.94. The number of fused-ring (bicyclic) bond motifs is 1. The fourth-order valence-electron chi connectivity index (χ4n) is 2.32. The Labute approximate surface area is 117 Å². The molecule has 0 aliphatic heterocycles. The predicted molar refractivity (Wildman–Crippen MR) is 77.2 cm³/mol. The quantitative estimate of drug-likeness (QED) is 0.911. The highest BCUT2D eigenvalue weighted by molar-refractivity contribution is 6.07. The van der Waals surface area contributed by atoms with E-state index in [2.05, 4.69) is 0 Å². The molecule has 20 heavy (non-hydrogen) atoms. The van der Waals surface area contributed by atoms with Crippen molar-refractivity contribution >= 4 is 16.7 Å². The van der Waals surface area contributed by atoms with E-state index in [4.69, 9.17) is 5.11 Å². The summed E-state index contributed by atoms with van der Waals surface area (Å²) in [6.45, 7) is 2.76. The highest BCUT2D eigenvalue weighted by Crippen LogP contribution is 2.23. The van der Waals surface area contributed by atoms with E-state index in [1.165, 1.54) is 12.1 Å². The average molecular weight is 275 g/mol. The molecule has 2 aromatic carbocycles. The van der Waals surface area contributed by atoms with Crippen LogP contribution in [0.3, 0.4) is 0 Å². The molecule has 0 atom stereocenters. The first-order chi connectivity index (χ1) is 9.69. The van der Waals surface area contributed by atoms with Crippen molar-refractivity contribution in [2.45, 2.75) is 13.3 Å². The van der Waals surface area contributed by atoms with Crippen molar-refractivity contribution in [2.75, 3.05) is 19.7 Å². The fraction of sp³-hybridized carbons (Fsp3) is 0.312. The number of aliphatic hydroxyl groups is 1. The Bertz CT molecular complexity index is 606. The normalized spacial score (nSPS) is 10.8. The van der Waals surface area contributed by atoms with Crippen molar-refractivity contribution in [1.82, 2.24) is 4.90 Å². The number of carbonyl (C=O) groups excluding carboxylic acids is 1. The molecule has 0 unspecified atom stereocenters. The van der Waals surface area contributed by atoms with Gasteiger partial charge in [0, 0.05) is 24.0 Å². The number of nitrogens with zero attached hydrogens (tertiary/aromatic N) is 1. The molecule has 4 heteroatoms. The van der Waals surface area contributed by atoms with Gasteiger partial charge in [0.1, 0.15) is 5.82 Å². The van der Waals surface area contributed by atoms with Crippen molar-refractivity contribution in [1.29, 1.82) is 0 Å². The zero-order valence-electron chi connectivity index (χ0n) is 11.5. The Kier molecular flexibility index (Phi) is 4.69. The molecule has 0 aliphatic carbocycles. The highest BCUT2D eigenvalue weighted by atomic mass is 19.1. The number of carbonyl (C=O) groups is 1. The number of amides is 1. The Morgan fingerprint density at radius 3 is 2.50 bits per heavy atom. The van der Waals surface area contributed by atoms with E-state index in [-0.39, 0.29) is 18.3 Å². The molecular formula is C16H18FNO2. The molecule has 106 valence electrons. The number of hydrogen-bond acceptors (Lipinski definition) is 2. The lowest BCUT2D eigenvalue weighted by atomic mass is 10.0. The summed E-state index contributed by atoms with van der Waals surface area (Å²) in [5, 5.41) is 10.1. The summed E-state index contributed by atoms with van der Waals surface area (Å²) in [6.07, 6.45) is 0.810. The lowest BCUT2D eigenvalue weighted by Gasteiger charge is -2.22. The predicted octanol–water partition coefficient (Wildman–Crippen LogP) is 2.82. The van der Waals surface area contributed by atoms with Gasteiger partial charge in [-0.1, -0.05) is 31.2 Å². The summed E-state index contributed by atoms with van der Waals surface area (Å²) >= 11 is 0. The molecule has 0 saturated carbocycles. The molecule has 3 nitrogen and oxygen atoms in total. The van der Waals surface area contributed by atoms with Crippen molar-refractivity contribution in [3.63, 3.8) is 0 Å². The van der Waals surface area contributed by atoms with Crippen LogP contribution < -0.4 is 0 Å². The maximum Gasteiger partial charge on any atom is 0.254 e. The third kappa shape index (κ3) is 2.80. The molecule has 0 spiro atoms. The van der Waals surface area contributed by atoms with Gasteiger partial charge >= 0.3 is 0 Å². The lowest BCUT2D eigenvalue weighted by molar-refractivity contribution is 0.0724. The Balaban J connectivity index is 2.46. The van der Waals surface area contributed by atoms with Gasteiger partial charge < -0.3 is 10.0 Å². The van der Waals surface area contributed by atoms with Gasteiger partial charge in [0.05, 0.1) is 6.61 Å². The number of halogens is 1. The summed E-state index contributed by atoms with van der Waals surface area (Å²) in [4.78, 5) is 14.1. The summed E-state index contributed by atoms with van der Waals surface area (Å²) in [7, 11) is 0. The smallest absolute Gasteiger partial charge is 0.254 e. The van der Waals surface area contributed by atoms with Crippen LogP contribution in [0.2, 0.25) is 0 Å². The maximum atomic E-state index is 13.8. The number of aliphatic hydroxyl groups excluding tert-OH is 1. The molecular weight excluding hydrogens is 257 g/mol. The van der Waals surface area contributed by atoms with Gasteiger partial charge in [0.25, 0.3) is 5.91 Å². The third-order valence-electron chi connectivity index (χ3n) is 3.25. The van der Waals surface area contributed by atoms with Gasteiger partial charge in [-0.3, -0.25) is 4.79 Å². The number of benzene rings is 2. The van der Waals surface area contributed by atoms with Crippen LogP contribution in [0.5, 0.6) is 0 Å². The molecule has 0 aliphatic rings. The second-order valence-corrected chi connectivity index (χ2v) is 4.66. The van der Waals surface area contributed by atoms with Crippen molar-refractivity contribution in [3.05, 3.63) is 47.8 Å². The SMILES string of the molecule is CCCN(CCO)C(=O)c1ccc(F)c2ccccc12. The van der Waals surface area contributed by atoms with E-state index in [1.54, 1.807) is 29.2 Å². The van der Waals surface area contributed by atoms with Crippen LogP contribution in [-0.2, 0) is 0 Å². The van der Waals surface area contributed by atoms with E-state index in [1.807, 2.05) is 6.92 Å². The van der Waals surface area contributed by atoms with Crippen molar-refractivity contribution < 1.29 is 14.3 Å². The van der Waals surface area contributed by atoms with Crippen LogP contribution in [0.4, 0.5) is 4.39 Å². The average Bonchev–Trinajstić information content (AvgIpc) is 2.47. The first kappa shape index (κ1) is 14.5. The van der Waals surface area contributed by atoms with Crippen molar-refractivity contribution in [2.24, 2.45) is 0 Å². The molecule has 2 aromatic rings. The minimum Gasteiger partial charge on any atom is -0.395 e. The monoisotopic (exact) mass is 275 g/mol. The molecule has 0 radical (unpaired) electrons. The second kappa shape index (κ2) is 6.48. The summed E-state index contributed by atoms with van der Waals surface area (Å²) in [5.74, 6) is -0.501. The molecule has 1 N–H and O–H groups in total. The van der Waals surface area contributed by atoms with Crippen LogP contribution in [-0.4, -0.2) is 35.6 Å². The number of rotatable bonds is 5. The third-order valence-corrected chi connectivity index (χ3v) is 3.25. The molecule has 1 amide bonds. The van der Waals surface area contributed by atoms with Crippen LogP contribution in [0, 0.1) is 5.82 Å². The van der Waals surface area contributed by atoms with E-state index >= 15 is 0 Å². The molecule has 0 saturated heterocycles. The van der Waals surface area contributed by atoms with Gasteiger partial charge in [-0.05, 0) is 23.9 Å². The minimum absolute atomic E-state index is 0.0785. The van der Waals surface area contributed by atoms with E-state index in [0.717, 1.165) is 6.42 Å². The summed E-state index contributed by atoms with van der Waals surface area (Å²) in [6, 6.07) is 9.77. The second-order valence-electron chi connectivity index (χ2n) is 4.66. The summed E-state index contributed by atoms with van der Waals surface area (Å²) < 4.78 is 13.8. The first-order valence-electron chi connectivity index (χ1n) is 6.76.